The first-order valence-corrected chi connectivity index (χ1v) is 15.0. The number of nitrogens with zero attached hydrogens (tertiary/aromatic N) is 2. The molecule has 0 bridgehead atoms. The first kappa shape index (κ1) is 34.3. The zero-order chi connectivity index (χ0) is 30.7. The Labute approximate surface area is 254 Å². The Kier molecular flexibility index (Phi) is 15.7. The molecule has 9 nitrogen and oxygen atoms in total. The van der Waals surface area contributed by atoms with Crippen LogP contribution in [0.5, 0.6) is 0 Å². The number of nitrogens with one attached hydrogen (secondary N) is 3. The van der Waals surface area contributed by atoms with Crippen molar-refractivity contribution in [3.63, 3.8) is 0 Å². The molecule has 0 unspecified atom stereocenters. The molecule has 2 heterocycles. The van der Waals surface area contributed by atoms with Crippen LogP contribution in [0.2, 0.25) is 0 Å². The zero-order valence-electron chi connectivity index (χ0n) is 24.9. The van der Waals surface area contributed by atoms with Gasteiger partial charge in [0.2, 0.25) is 11.8 Å². The summed E-state index contributed by atoms with van der Waals surface area (Å²) in [5, 5.41) is 8.52. The van der Waals surface area contributed by atoms with E-state index in [1.54, 1.807) is 19.3 Å². The van der Waals surface area contributed by atoms with E-state index >= 15 is 0 Å². The number of aromatic nitrogens is 1. The van der Waals surface area contributed by atoms with Crippen LogP contribution < -0.4 is 21.5 Å². The number of aryl methyl sites for hydroxylation is 2. The van der Waals surface area contributed by atoms with Crippen LogP contribution in [0.15, 0.2) is 71.8 Å². The zero-order valence-corrected chi connectivity index (χ0v) is 25.8. The van der Waals surface area contributed by atoms with Gasteiger partial charge in [-0.3, -0.25) is 19.7 Å². The van der Waals surface area contributed by atoms with Crippen LogP contribution in [0.3, 0.4) is 0 Å². The summed E-state index contributed by atoms with van der Waals surface area (Å²) < 4.78 is 3.20. The van der Waals surface area contributed by atoms with Crippen molar-refractivity contribution in [2.24, 2.45) is 11.7 Å². The van der Waals surface area contributed by atoms with Crippen molar-refractivity contribution < 1.29 is 9.59 Å². The molecule has 1 aliphatic rings. The molecular weight excluding hydrogens is 546 g/mol. The number of pyridine rings is 1. The number of likely N-dealkylation sites (tertiary alicyclic amines) is 1. The number of nitrogen functional groups attached to an aromatic ring is 1. The Balaban J connectivity index is 0.000000471. The molecule has 42 heavy (non-hydrogen) atoms. The highest BCUT2D eigenvalue weighted by Gasteiger charge is 2.22. The third-order valence-corrected chi connectivity index (χ3v) is 7.58. The third-order valence-electron chi connectivity index (χ3n) is 6.80. The SMILES string of the molecule is CNC(=O)CCCC1CCN(C(=O)CNSc2cccc(-c3ccc(N)nc3)c2)CC1.Cc1cccc(C)c1.N=CN. The number of carbonyl (C=O) groups is 2. The van der Waals surface area contributed by atoms with E-state index in [-0.39, 0.29) is 11.8 Å². The van der Waals surface area contributed by atoms with Crippen molar-refractivity contribution in [2.45, 2.75) is 50.8 Å². The Hall–Kier alpha value is -3.89. The maximum Gasteiger partial charge on any atom is 0.237 e. The lowest BCUT2D eigenvalue weighted by molar-refractivity contribution is -0.131. The van der Waals surface area contributed by atoms with Gasteiger partial charge in [0, 0.05) is 43.2 Å². The summed E-state index contributed by atoms with van der Waals surface area (Å²) in [6.45, 7) is 6.12. The van der Waals surface area contributed by atoms with E-state index in [9.17, 15) is 9.59 Å². The quantitative estimate of drug-likeness (QED) is 0.134. The largest absolute Gasteiger partial charge is 0.390 e. The number of carbonyl (C=O) groups excluding carboxylic acids is 2. The predicted octanol–water partition coefficient (Wildman–Crippen LogP) is 4.94. The molecule has 0 aliphatic carbocycles. The van der Waals surface area contributed by atoms with Crippen molar-refractivity contribution in [1.82, 2.24) is 19.9 Å². The molecule has 1 aromatic heterocycles. The monoisotopic (exact) mass is 591 g/mol. The Morgan fingerprint density at radius 2 is 1.71 bits per heavy atom. The highest BCUT2D eigenvalue weighted by atomic mass is 32.2. The van der Waals surface area contributed by atoms with Gasteiger partial charge in [0.15, 0.2) is 0 Å². The summed E-state index contributed by atoms with van der Waals surface area (Å²) in [5.74, 6) is 1.35. The fourth-order valence-electron chi connectivity index (χ4n) is 4.56. The number of anilines is 1. The average Bonchev–Trinajstić information content (AvgIpc) is 2.98. The van der Waals surface area contributed by atoms with E-state index in [4.69, 9.17) is 11.1 Å². The Morgan fingerprint density at radius 1 is 1.05 bits per heavy atom. The molecule has 3 aromatic rings. The van der Waals surface area contributed by atoms with Crippen molar-refractivity contribution >= 4 is 35.9 Å². The lowest BCUT2D eigenvalue weighted by Crippen LogP contribution is -2.42. The molecule has 0 spiro atoms. The van der Waals surface area contributed by atoms with Gasteiger partial charge in [0.1, 0.15) is 5.82 Å². The van der Waals surface area contributed by atoms with Crippen molar-refractivity contribution in [1.29, 1.82) is 5.41 Å². The summed E-state index contributed by atoms with van der Waals surface area (Å²) in [5.41, 5.74) is 14.8. The molecule has 226 valence electrons. The highest BCUT2D eigenvalue weighted by Crippen LogP contribution is 2.25. The number of benzene rings is 2. The molecule has 7 N–H and O–H groups in total. The summed E-state index contributed by atoms with van der Waals surface area (Å²) in [6, 6.07) is 20.3. The summed E-state index contributed by atoms with van der Waals surface area (Å²) >= 11 is 1.46. The van der Waals surface area contributed by atoms with Gasteiger partial charge in [-0.1, -0.05) is 47.5 Å². The highest BCUT2D eigenvalue weighted by molar-refractivity contribution is 7.97. The molecule has 10 heteroatoms. The van der Waals surface area contributed by atoms with Crippen LogP contribution in [0.25, 0.3) is 11.1 Å². The lowest BCUT2D eigenvalue weighted by Gasteiger charge is -2.32. The molecule has 1 saturated heterocycles. The van der Waals surface area contributed by atoms with Crippen LogP contribution in [0.4, 0.5) is 5.82 Å². The summed E-state index contributed by atoms with van der Waals surface area (Å²) in [7, 11) is 1.67. The molecule has 0 atom stereocenters. The van der Waals surface area contributed by atoms with E-state index in [2.05, 4.69) is 64.9 Å². The third kappa shape index (κ3) is 13.2. The van der Waals surface area contributed by atoms with Crippen molar-refractivity contribution in [3.05, 3.63) is 78.0 Å². The van der Waals surface area contributed by atoms with Gasteiger partial charge in [-0.15, -0.1) is 0 Å². The molecule has 0 radical (unpaired) electrons. The number of hydrogen-bond donors (Lipinski definition) is 5. The normalized spacial score (nSPS) is 12.7. The average molecular weight is 592 g/mol. The van der Waals surface area contributed by atoms with E-state index in [0.717, 1.165) is 61.1 Å². The maximum atomic E-state index is 12.5. The van der Waals surface area contributed by atoms with Crippen molar-refractivity contribution in [2.75, 3.05) is 32.4 Å². The van der Waals surface area contributed by atoms with Gasteiger partial charge < -0.3 is 21.7 Å². The molecule has 0 saturated carbocycles. The fourth-order valence-corrected chi connectivity index (χ4v) is 5.26. The Morgan fingerprint density at radius 3 is 2.29 bits per heavy atom. The standard InChI is InChI=1S/C23H31N5O2S.C8H10.CH4N2/c1-25-22(29)7-2-4-17-10-12-28(13-11-17)23(30)16-27-31-20-6-3-5-18(14-20)19-8-9-21(24)26-15-19;1-7-4-3-5-8(2)6-7;2-1-3/h3,5-6,8-9,14-15,17,27H,2,4,7,10-13,16H2,1H3,(H2,24,26)(H,25,29);3-6H,1-2H3;1H,(H3,2,3). The molecule has 1 fully saturated rings. The second-order valence-electron chi connectivity index (χ2n) is 10.1. The predicted molar refractivity (Wildman–Crippen MR) is 174 cm³/mol. The number of hydrogen-bond acceptors (Lipinski definition) is 7. The second-order valence-corrected chi connectivity index (χ2v) is 11.1. The molecule has 2 amide bonds. The van der Waals surface area contributed by atoms with Gasteiger partial charge in [-0.2, -0.15) is 0 Å². The summed E-state index contributed by atoms with van der Waals surface area (Å²) in [4.78, 5) is 31.0. The molecule has 2 aromatic carbocycles. The summed E-state index contributed by atoms with van der Waals surface area (Å²) in [6.07, 6.45) is 7.12. The number of amides is 2. The van der Waals surface area contributed by atoms with Gasteiger partial charge in [-0.25, -0.2) is 4.98 Å². The van der Waals surface area contributed by atoms with Crippen LogP contribution in [0.1, 0.15) is 43.2 Å². The van der Waals surface area contributed by atoms with Crippen LogP contribution in [-0.2, 0) is 9.59 Å². The van der Waals surface area contributed by atoms with E-state index in [1.807, 2.05) is 29.2 Å². The molecule has 4 rings (SSSR count). The van der Waals surface area contributed by atoms with Gasteiger partial charge in [0.25, 0.3) is 0 Å². The first-order valence-electron chi connectivity index (χ1n) is 14.2. The Bertz CT molecular complexity index is 1230. The topological polar surface area (TPSA) is 150 Å². The molecule has 1 aliphatic heterocycles. The number of nitrogens with two attached hydrogens (primary N) is 2. The van der Waals surface area contributed by atoms with E-state index < -0.39 is 0 Å². The fraction of sp³-hybridized carbons (Fsp3) is 0.375. The van der Waals surface area contributed by atoms with Gasteiger partial charge in [-0.05, 0) is 87.2 Å². The first-order chi connectivity index (χ1) is 20.2. The minimum Gasteiger partial charge on any atom is -0.390 e. The minimum absolute atomic E-state index is 0.104. The minimum atomic E-state index is 0.104. The van der Waals surface area contributed by atoms with Crippen LogP contribution >= 0.6 is 11.9 Å². The van der Waals surface area contributed by atoms with Gasteiger partial charge >= 0.3 is 0 Å². The van der Waals surface area contributed by atoms with Crippen LogP contribution in [-0.4, -0.2) is 54.7 Å². The van der Waals surface area contributed by atoms with Gasteiger partial charge in [0.05, 0.1) is 12.9 Å². The lowest BCUT2D eigenvalue weighted by atomic mass is 9.91. The van der Waals surface area contributed by atoms with E-state index in [0.29, 0.717) is 24.7 Å². The number of rotatable bonds is 9. The maximum absolute atomic E-state index is 12.5. The van der Waals surface area contributed by atoms with Crippen LogP contribution in [0, 0.1) is 25.2 Å². The van der Waals surface area contributed by atoms with Crippen molar-refractivity contribution in [3.8, 4) is 11.1 Å². The van der Waals surface area contributed by atoms with E-state index in [1.165, 1.54) is 23.1 Å². The smallest absolute Gasteiger partial charge is 0.237 e. The second kappa shape index (κ2) is 19.3. The molecular formula is C32H45N7O2S. The number of piperidine rings is 1.